The summed E-state index contributed by atoms with van der Waals surface area (Å²) >= 11 is 1.87. The first kappa shape index (κ1) is 9.22. The lowest BCUT2D eigenvalue weighted by molar-refractivity contribution is 0.749. The molecule has 0 atom stereocenters. The molecule has 0 unspecified atom stereocenters. The van der Waals surface area contributed by atoms with E-state index in [4.69, 9.17) is 0 Å². The van der Waals surface area contributed by atoms with Crippen molar-refractivity contribution < 1.29 is 0 Å². The number of hydrogen-bond donors (Lipinski definition) is 0. The highest BCUT2D eigenvalue weighted by molar-refractivity contribution is 7.17. The topological polar surface area (TPSA) is 3.24 Å². The average molecular weight is 217 g/mol. The summed E-state index contributed by atoms with van der Waals surface area (Å²) in [5, 5.41) is 3.70. The van der Waals surface area contributed by atoms with Crippen LogP contribution in [0.2, 0.25) is 0 Å². The molecule has 2 heterocycles. The van der Waals surface area contributed by atoms with E-state index in [1.54, 1.807) is 5.56 Å². The molecular weight excluding hydrogens is 202 g/mol. The van der Waals surface area contributed by atoms with E-state index in [1.165, 1.54) is 40.7 Å². The van der Waals surface area contributed by atoms with Crippen molar-refractivity contribution in [2.24, 2.45) is 0 Å². The van der Waals surface area contributed by atoms with Gasteiger partial charge >= 0.3 is 0 Å². The van der Waals surface area contributed by atoms with Gasteiger partial charge in [0, 0.05) is 24.0 Å². The molecule has 0 bridgehead atoms. The van der Waals surface area contributed by atoms with Crippen LogP contribution in [0.25, 0.3) is 10.1 Å². The zero-order chi connectivity index (χ0) is 10.4. The van der Waals surface area contributed by atoms with Gasteiger partial charge in [0.2, 0.25) is 0 Å². The van der Waals surface area contributed by atoms with Crippen LogP contribution >= 0.6 is 11.3 Å². The first-order valence-corrected chi connectivity index (χ1v) is 6.36. The van der Waals surface area contributed by atoms with Crippen LogP contribution in [0.15, 0.2) is 17.5 Å². The number of fused-ring (bicyclic) bond motifs is 3. The molecule has 0 amide bonds. The summed E-state index contributed by atoms with van der Waals surface area (Å²) in [6.45, 7) is 3.42. The van der Waals surface area contributed by atoms with Gasteiger partial charge in [-0.15, -0.1) is 11.3 Å². The lowest BCUT2D eigenvalue weighted by Crippen LogP contribution is -2.24. The third kappa shape index (κ3) is 1.28. The van der Waals surface area contributed by atoms with E-state index in [2.05, 4.69) is 36.4 Å². The van der Waals surface area contributed by atoms with Crippen LogP contribution in [0.3, 0.4) is 0 Å². The molecule has 3 rings (SSSR count). The zero-order valence-corrected chi connectivity index (χ0v) is 10.0. The molecule has 0 aliphatic carbocycles. The number of rotatable bonds is 0. The van der Waals surface area contributed by atoms with Crippen molar-refractivity contribution in [1.82, 2.24) is 0 Å². The second-order valence-corrected chi connectivity index (χ2v) is 5.30. The Hall–Kier alpha value is -1.02. The second-order valence-electron chi connectivity index (χ2n) is 4.38. The fourth-order valence-electron chi connectivity index (χ4n) is 2.56. The molecule has 0 saturated carbocycles. The van der Waals surface area contributed by atoms with Crippen LogP contribution in [0, 0.1) is 6.92 Å². The Morgan fingerprint density at radius 2 is 2.27 bits per heavy atom. The highest BCUT2D eigenvalue weighted by Crippen LogP contribution is 2.37. The Morgan fingerprint density at radius 1 is 1.40 bits per heavy atom. The van der Waals surface area contributed by atoms with Crippen LogP contribution in [-0.4, -0.2) is 13.6 Å². The van der Waals surface area contributed by atoms with E-state index in [0.29, 0.717) is 0 Å². The van der Waals surface area contributed by atoms with Crippen molar-refractivity contribution in [3.05, 3.63) is 28.6 Å². The molecule has 78 valence electrons. The molecule has 1 aliphatic heterocycles. The van der Waals surface area contributed by atoms with Gasteiger partial charge in [0.15, 0.2) is 0 Å². The van der Waals surface area contributed by atoms with Crippen LogP contribution in [0.4, 0.5) is 5.69 Å². The fraction of sp³-hybridized carbons (Fsp3) is 0.385. The molecule has 1 aliphatic rings. The van der Waals surface area contributed by atoms with Crippen LogP contribution in [-0.2, 0) is 6.42 Å². The van der Waals surface area contributed by atoms with Gasteiger partial charge < -0.3 is 4.90 Å². The van der Waals surface area contributed by atoms with Gasteiger partial charge in [-0.1, -0.05) is 0 Å². The van der Waals surface area contributed by atoms with E-state index in [0.717, 1.165) is 0 Å². The molecule has 1 aromatic carbocycles. The van der Waals surface area contributed by atoms with Crippen molar-refractivity contribution in [2.45, 2.75) is 19.8 Å². The third-order valence-corrected chi connectivity index (χ3v) is 4.39. The van der Waals surface area contributed by atoms with Crippen molar-refractivity contribution in [2.75, 3.05) is 18.5 Å². The first-order valence-electron chi connectivity index (χ1n) is 5.48. The first-order chi connectivity index (χ1) is 7.27. The largest absolute Gasteiger partial charge is 0.374 e. The molecule has 0 radical (unpaired) electrons. The van der Waals surface area contributed by atoms with Gasteiger partial charge in [-0.3, -0.25) is 0 Å². The standard InChI is InChI=1S/C13H15NS/c1-9-8-12-10(4-3-6-14(12)2)11-5-7-15-13(9)11/h5,7-8H,3-4,6H2,1-2H3. The van der Waals surface area contributed by atoms with E-state index < -0.39 is 0 Å². The minimum atomic E-state index is 1.20. The monoisotopic (exact) mass is 217 g/mol. The summed E-state index contributed by atoms with van der Waals surface area (Å²) < 4.78 is 1.48. The maximum Gasteiger partial charge on any atom is 0.0405 e. The number of aryl methyl sites for hydroxylation is 2. The second kappa shape index (κ2) is 3.24. The molecule has 1 aromatic heterocycles. The van der Waals surface area contributed by atoms with Gasteiger partial charge in [-0.2, -0.15) is 0 Å². The molecule has 2 heteroatoms. The molecular formula is C13H15NS. The number of nitrogens with zero attached hydrogens (tertiary/aromatic N) is 1. The minimum Gasteiger partial charge on any atom is -0.374 e. The number of anilines is 1. The van der Waals surface area contributed by atoms with Crippen LogP contribution in [0.5, 0.6) is 0 Å². The fourth-order valence-corrected chi connectivity index (χ4v) is 3.47. The van der Waals surface area contributed by atoms with Crippen molar-refractivity contribution in [3.63, 3.8) is 0 Å². The molecule has 0 N–H and O–H groups in total. The Bertz CT molecular complexity index is 512. The van der Waals surface area contributed by atoms with E-state index in [1.807, 2.05) is 11.3 Å². The lowest BCUT2D eigenvalue weighted by Gasteiger charge is -2.28. The average Bonchev–Trinajstić information content (AvgIpc) is 2.69. The van der Waals surface area contributed by atoms with Crippen molar-refractivity contribution in [1.29, 1.82) is 0 Å². The quantitative estimate of drug-likeness (QED) is 0.652. The molecule has 1 nitrogen and oxygen atoms in total. The number of hydrogen-bond acceptors (Lipinski definition) is 2. The summed E-state index contributed by atoms with van der Waals surface area (Å²) in [5.41, 5.74) is 4.43. The molecule has 0 spiro atoms. The van der Waals surface area contributed by atoms with Gasteiger partial charge in [0.25, 0.3) is 0 Å². The van der Waals surface area contributed by atoms with Gasteiger partial charge in [0.05, 0.1) is 0 Å². The zero-order valence-electron chi connectivity index (χ0n) is 9.21. The summed E-state index contributed by atoms with van der Waals surface area (Å²) in [6.07, 6.45) is 2.53. The van der Waals surface area contributed by atoms with Gasteiger partial charge in [-0.05, 0) is 53.8 Å². The predicted molar refractivity (Wildman–Crippen MR) is 68.2 cm³/mol. The van der Waals surface area contributed by atoms with Crippen molar-refractivity contribution >= 4 is 27.1 Å². The summed E-state index contributed by atoms with van der Waals surface area (Å²) in [7, 11) is 2.20. The Kier molecular flexibility index (Phi) is 1.99. The van der Waals surface area contributed by atoms with Gasteiger partial charge in [0.1, 0.15) is 0 Å². The predicted octanol–water partition coefficient (Wildman–Crippen LogP) is 3.59. The smallest absolute Gasteiger partial charge is 0.0405 e. The Labute approximate surface area is 94.3 Å². The minimum absolute atomic E-state index is 1.20. The van der Waals surface area contributed by atoms with Crippen LogP contribution < -0.4 is 4.90 Å². The lowest BCUT2D eigenvalue weighted by atomic mass is 9.97. The summed E-state index contributed by atoms with van der Waals surface area (Å²) in [4.78, 5) is 2.39. The van der Waals surface area contributed by atoms with Crippen molar-refractivity contribution in [3.8, 4) is 0 Å². The maximum atomic E-state index is 2.39. The van der Waals surface area contributed by atoms with E-state index in [-0.39, 0.29) is 0 Å². The molecule has 15 heavy (non-hydrogen) atoms. The summed E-state index contributed by atoms with van der Waals surface area (Å²) in [5.74, 6) is 0. The van der Waals surface area contributed by atoms with E-state index >= 15 is 0 Å². The maximum absolute atomic E-state index is 2.39. The molecule has 2 aromatic rings. The number of benzene rings is 1. The Morgan fingerprint density at radius 3 is 3.13 bits per heavy atom. The highest BCUT2D eigenvalue weighted by Gasteiger charge is 2.17. The SMILES string of the molecule is Cc1cc2c(c3ccsc13)CCCN2C. The normalized spacial score (nSPS) is 15.7. The molecule has 0 saturated heterocycles. The Balaban J connectivity index is 2.37. The third-order valence-electron chi connectivity index (χ3n) is 3.34. The van der Waals surface area contributed by atoms with E-state index in [9.17, 15) is 0 Å². The van der Waals surface area contributed by atoms with Gasteiger partial charge in [-0.25, -0.2) is 0 Å². The molecule has 0 fully saturated rings. The van der Waals surface area contributed by atoms with Crippen LogP contribution in [0.1, 0.15) is 17.5 Å². The summed E-state index contributed by atoms with van der Waals surface area (Å²) in [6, 6.07) is 4.64. The number of thiophene rings is 1. The highest BCUT2D eigenvalue weighted by atomic mass is 32.1.